The van der Waals surface area contributed by atoms with Gasteiger partial charge in [0, 0.05) is 29.6 Å². The van der Waals surface area contributed by atoms with Crippen LogP contribution in [-0.2, 0) is 0 Å². The minimum absolute atomic E-state index is 0.0608. The number of pyridine rings is 1. The summed E-state index contributed by atoms with van der Waals surface area (Å²) in [6.07, 6.45) is 3.24. The van der Waals surface area contributed by atoms with Gasteiger partial charge in [0.15, 0.2) is 17.5 Å². The van der Waals surface area contributed by atoms with Crippen LogP contribution in [0.4, 0.5) is 10.1 Å². The highest BCUT2D eigenvalue weighted by molar-refractivity contribution is 9.10. The van der Waals surface area contributed by atoms with Crippen LogP contribution in [0.2, 0.25) is 0 Å². The van der Waals surface area contributed by atoms with Gasteiger partial charge in [0.1, 0.15) is 11.5 Å². The molecule has 0 radical (unpaired) electrons. The van der Waals surface area contributed by atoms with Crippen molar-refractivity contribution < 1.29 is 4.39 Å². The summed E-state index contributed by atoms with van der Waals surface area (Å²) in [5, 5.41) is 16.0. The third-order valence-corrected chi connectivity index (χ3v) is 3.92. The number of nitrogens with zero attached hydrogens (tertiary/aromatic N) is 4. The van der Waals surface area contributed by atoms with E-state index in [9.17, 15) is 4.39 Å². The predicted molar refractivity (Wildman–Crippen MR) is 96.2 cm³/mol. The fourth-order valence-electron chi connectivity index (χ4n) is 2.17. The van der Waals surface area contributed by atoms with Crippen molar-refractivity contribution in [3.05, 3.63) is 58.6 Å². The van der Waals surface area contributed by atoms with Crippen LogP contribution in [0.3, 0.4) is 0 Å². The maximum Gasteiger partial charge on any atom is 0.176 e. The molecule has 0 amide bonds. The molecule has 1 aromatic heterocycles. The molecule has 2 aromatic rings. The van der Waals surface area contributed by atoms with Crippen LogP contribution in [0, 0.1) is 16.6 Å². The summed E-state index contributed by atoms with van der Waals surface area (Å²) >= 11 is 3.29. The molecular weight excluding hydrogens is 375 g/mol. The second kappa shape index (κ2) is 6.40. The Morgan fingerprint density at radius 1 is 1.08 bits per heavy atom. The van der Waals surface area contributed by atoms with E-state index in [4.69, 9.17) is 10.8 Å². The molecule has 6 nitrogen and oxygen atoms in total. The lowest BCUT2D eigenvalue weighted by molar-refractivity contribution is 0.625. The highest BCUT2D eigenvalue weighted by Gasteiger charge is 2.25. The van der Waals surface area contributed by atoms with Gasteiger partial charge in [0.2, 0.25) is 0 Å². The average Bonchev–Trinajstić information content (AvgIpc) is 2.59. The molecule has 1 aliphatic rings. The van der Waals surface area contributed by atoms with Crippen LogP contribution in [0.5, 0.6) is 0 Å². The molecule has 8 heteroatoms. The summed E-state index contributed by atoms with van der Waals surface area (Å²) < 4.78 is 14.8. The van der Waals surface area contributed by atoms with Crippen LogP contribution >= 0.6 is 15.9 Å². The first-order chi connectivity index (χ1) is 11.5. The van der Waals surface area contributed by atoms with Crippen LogP contribution in [0.1, 0.15) is 5.56 Å². The summed E-state index contributed by atoms with van der Waals surface area (Å²) in [7, 11) is 1.72. The van der Waals surface area contributed by atoms with Gasteiger partial charge in [-0.2, -0.15) is 0 Å². The lowest BCUT2D eigenvalue weighted by atomic mass is 10.1. The van der Waals surface area contributed by atoms with Crippen molar-refractivity contribution >= 4 is 44.8 Å². The van der Waals surface area contributed by atoms with Gasteiger partial charge < -0.3 is 4.90 Å². The molecule has 1 aromatic carbocycles. The smallest absolute Gasteiger partial charge is 0.176 e. The number of aromatic nitrogens is 1. The van der Waals surface area contributed by atoms with Gasteiger partial charge in [-0.25, -0.2) is 14.4 Å². The zero-order valence-corrected chi connectivity index (χ0v) is 14.2. The van der Waals surface area contributed by atoms with Crippen molar-refractivity contribution in [2.24, 2.45) is 9.98 Å². The Bertz CT molecular complexity index is 891. The van der Waals surface area contributed by atoms with Crippen molar-refractivity contribution in [1.82, 2.24) is 4.98 Å². The second-order valence-electron chi connectivity index (χ2n) is 4.98. The quantitative estimate of drug-likeness (QED) is 0.829. The molecule has 24 heavy (non-hydrogen) atoms. The standard InChI is InChI=1S/C16H12BrFN6/c1-24(10-4-6-21-7-5-10)16-13(19)14(20)22-15(23-16)11-8-9(17)2-3-12(11)18/h2-8,19-20H,1H3. The van der Waals surface area contributed by atoms with E-state index in [0.717, 1.165) is 5.69 Å². The average molecular weight is 387 g/mol. The Hall–Kier alpha value is -2.74. The fourth-order valence-corrected chi connectivity index (χ4v) is 2.53. The molecular formula is C16H12BrFN6. The number of amidine groups is 3. The summed E-state index contributed by atoms with van der Waals surface area (Å²) in [5.41, 5.74) is 0.785. The largest absolute Gasteiger partial charge is 0.327 e. The number of benzene rings is 1. The number of aliphatic imine (C=N–C) groups is 2. The zero-order valence-electron chi connectivity index (χ0n) is 12.6. The molecule has 0 fully saturated rings. The fraction of sp³-hybridized carbons (Fsp3) is 0.0625. The lowest BCUT2D eigenvalue weighted by Crippen LogP contribution is -2.40. The summed E-state index contributed by atoms with van der Waals surface area (Å²) in [4.78, 5) is 13.8. The SMILES string of the molecule is CN(C1=NC(c2cc(Br)ccc2F)=NC(=N)C1=N)c1ccncc1. The minimum Gasteiger partial charge on any atom is -0.327 e. The number of hydrogen-bond acceptors (Lipinski definition) is 5. The third kappa shape index (κ3) is 3.00. The first-order valence-electron chi connectivity index (χ1n) is 6.92. The van der Waals surface area contributed by atoms with Gasteiger partial charge in [0.25, 0.3) is 0 Å². The van der Waals surface area contributed by atoms with E-state index < -0.39 is 5.82 Å². The van der Waals surface area contributed by atoms with Crippen LogP contribution < -0.4 is 4.90 Å². The normalized spacial score (nSPS) is 14.3. The summed E-state index contributed by atoms with van der Waals surface area (Å²) in [5.74, 6) is -0.482. The minimum atomic E-state index is -0.493. The maximum absolute atomic E-state index is 14.1. The Labute approximate surface area is 145 Å². The van der Waals surface area contributed by atoms with E-state index in [1.807, 2.05) is 0 Å². The summed E-state index contributed by atoms with van der Waals surface area (Å²) in [6.45, 7) is 0. The van der Waals surface area contributed by atoms with Crippen LogP contribution in [-0.4, -0.2) is 35.3 Å². The predicted octanol–water partition coefficient (Wildman–Crippen LogP) is 3.28. The van der Waals surface area contributed by atoms with Crippen molar-refractivity contribution in [1.29, 1.82) is 10.8 Å². The van der Waals surface area contributed by atoms with Crippen LogP contribution in [0.25, 0.3) is 0 Å². The molecule has 0 bridgehead atoms. The maximum atomic E-state index is 14.1. The Kier molecular flexibility index (Phi) is 4.30. The van der Waals surface area contributed by atoms with Gasteiger partial charge in [-0.15, -0.1) is 0 Å². The van der Waals surface area contributed by atoms with Gasteiger partial charge in [-0.05, 0) is 30.3 Å². The van der Waals surface area contributed by atoms with E-state index in [1.165, 1.54) is 6.07 Å². The Morgan fingerprint density at radius 2 is 1.79 bits per heavy atom. The molecule has 2 N–H and O–H groups in total. The molecule has 1 aliphatic heterocycles. The number of hydrogen-bond donors (Lipinski definition) is 2. The number of rotatable bonds is 2. The second-order valence-corrected chi connectivity index (χ2v) is 5.90. The molecule has 2 heterocycles. The van der Waals surface area contributed by atoms with Gasteiger partial charge >= 0.3 is 0 Å². The molecule has 0 atom stereocenters. The van der Waals surface area contributed by atoms with Crippen LogP contribution in [0.15, 0.2) is 57.2 Å². The summed E-state index contributed by atoms with van der Waals surface area (Å²) in [6, 6.07) is 7.93. The van der Waals surface area contributed by atoms with E-state index in [0.29, 0.717) is 4.47 Å². The van der Waals surface area contributed by atoms with E-state index in [-0.39, 0.29) is 28.8 Å². The van der Waals surface area contributed by atoms with E-state index in [1.54, 1.807) is 48.6 Å². The lowest BCUT2D eigenvalue weighted by Gasteiger charge is -2.24. The molecule has 0 spiro atoms. The van der Waals surface area contributed by atoms with Crippen molar-refractivity contribution in [2.45, 2.75) is 0 Å². The first-order valence-corrected chi connectivity index (χ1v) is 7.71. The van der Waals surface area contributed by atoms with Gasteiger partial charge in [0.05, 0.1) is 5.56 Å². The van der Waals surface area contributed by atoms with Crippen molar-refractivity contribution in [3.8, 4) is 0 Å². The molecule has 3 rings (SSSR count). The molecule has 0 saturated heterocycles. The first kappa shape index (κ1) is 16.1. The molecule has 120 valence electrons. The Morgan fingerprint density at radius 3 is 2.50 bits per heavy atom. The van der Waals surface area contributed by atoms with E-state index >= 15 is 0 Å². The van der Waals surface area contributed by atoms with E-state index in [2.05, 4.69) is 30.9 Å². The monoisotopic (exact) mass is 386 g/mol. The number of halogens is 2. The van der Waals surface area contributed by atoms with Gasteiger partial charge in [-0.1, -0.05) is 15.9 Å². The number of anilines is 1. The Balaban J connectivity index is 2.07. The van der Waals surface area contributed by atoms with Gasteiger partial charge in [-0.3, -0.25) is 15.8 Å². The zero-order chi connectivity index (χ0) is 17.3. The highest BCUT2D eigenvalue weighted by atomic mass is 79.9. The molecule has 0 unspecified atom stereocenters. The number of nitrogens with one attached hydrogen (secondary N) is 2. The highest BCUT2D eigenvalue weighted by Crippen LogP contribution is 2.20. The molecule has 0 saturated carbocycles. The van der Waals surface area contributed by atoms with Crippen molar-refractivity contribution in [2.75, 3.05) is 11.9 Å². The third-order valence-electron chi connectivity index (χ3n) is 3.43. The molecule has 0 aliphatic carbocycles. The van der Waals surface area contributed by atoms with Crippen molar-refractivity contribution in [3.63, 3.8) is 0 Å². The topological polar surface area (TPSA) is 88.5 Å².